The molecule has 3 heterocycles. The summed E-state index contributed by atoms with van der Waals surface area (Å²) in [5, 5.41) is 2.70. The third-order valence-electron chi connectivity index (χ3n) is 6.64. The Kier molecular flexibility index (Phi) is 5.62. The van der Waals surface area contributed by atoms with Crippen LogP contribution in [0.1, 0.15) is 30.4 Å². The van der Waals surface area contributed by atoms with Gasteiger partial charge in [0.2, 0.25) is 15.9 Å². The summed E-state index contributed by atoms with van der Waals surface area (Å²) in [7, 11) is -3.83. The lowest BCUT2D eigenvalue weighted by atomic mass is 9.95. The molecule has 0 radical (unpaired) electrons. The molecule has 2 amide bonds. The molecular formula is C24H27N3O5S. The van der Waals surface area contributed by atoms with E-state index in [4.69, 9.17) is 4.74 Å². The quantitative estimate of drug-likeness (QED) is 0.746. The highest BCUT2D eigenvalue weighted by atomic mass is 32.2. The molecule has 8 nitrogen and oxygen atoms in total. The van der Waals surface area contributed by atoms with Crippen LogP contribution in [0.25, 0.3) is 0 Å². The molecule has 0 bridgehead atoms. The maximum atomic E-state index is 13.6. The number of aryl methyl sites for hydroxylation is 2. The van der Waals surface area contributed by atoms with Gasteiger partial charge in [-0.05, 0) is 55.9 Å². The van der Waals surface area contributed by atoms with Gasteiger partial charge in [-0.1, -0.05) is 18.2 Å². The van der Waals surface area contributed by atoms with E-state index in [9.17, 15) is 18.0 Å². The van der Waals surface area contributed by atoms with Gasteiger partial charge in [0.1, 0.15) is 5.75 Å². The van der Waals surface area contributed by atoms with E-state index in [1.165, 1.54) is 10.4 Å². The predicted octanol–water partition coefficient (Wildman–Crippen LogP) is 2.71. The van der Waals surface area contributed by atoms with Crippen LogP contribution in [0.3, 0.4) is 0 Å². The van der Waals surface area contributed by atoms with Crippen LogP contribution in [0.15, 0.2) is 41.3 Å². The molecule has 3 aliphatic heterocycles. The zero-order valence-electron chi connectivity index (χ0n) is 18.5. The Morgan fingerprint density at radius 3 is 2.82 bits per heavy atom. The molecule has 3 aliphatic rings. The van der Waals surface area contributed by atoms with Gasteiger partial charge in [0.05, 0.1) is 16.5 Å². The highest BCUT2D eigenvalue weighted by Gasteiger charge is 2.37. The molecule has 2 aromatic rings. The smallest absolute Gasteiger partial charge is 0.262 e. The van der Waals surface area contributed by atoms with Gasteiger partial charge in [-0.3, -0.25) is 9.59 Å². The van der Waals surface area contributed by atoms with E-state index < -0.39 is 10.0 Å². The Balaban J connectivity index is 1.39. The molecule has 1 saturated heterocycles. The Hall–Kier alpha value is -2.91. The Labute approximate surface area is 193 Å². The first kappa shape index (κ1) is 21.9. The molecule has 33 heavy (non-hydrogen) atoms. The summed E-state index contributed by atoms with van der Waals surface area (Å²) >= 11 is 0. The Morgan fingerprint density at radius 1 is 1.15 bits per heavy atom. The summed E-state index contributed by atoms with van der Waals surface area (Å²) in [5.74, 6) is -0.314. The highest BCUT2D eigenvalue weighted by molar-refractivity contribution is 7.89. The van der Waals surface area contributed by atoms with Gasteiger partial charge in [-0.25, -0.2) is 8.42 Å². The van der Waals surface area contributed by atoms with Crippen molar-refractivity contribution in [2.45, 2.75) is 37.5 Å². The van der Waals surface area contributed by atoms with E-state index in [1.54, 1.807) is 13.0 Å². The molecule has 9 heteroatoms. The monoisotopic (exact) mass is 469 g/mol. The van der Waals surface area contributed by atoms with Gasteiger partial charge in [0.25, 0.3) is 5.91 Å². The largest absolute Gasteiger partial charge is 0.482 e. The number of benzene rings is 2. The molecule has 0 saturated carbocycles. The second-order valence-electron chi connectivity index (χ2n) is 8.88. The van der Waals surface area contributed by atoms with Crippen molar-refractivity contribution in [3.63, 3.8) is 0 Å². The van der Waals surface area contributed by atoms with Gasteiger partial charge in [0, 0.05) is 31.4 Å². The van der Waals surface area contributed by atoms with Crippen LogP contribution in [0, 0.1) is 12.8 Å². The number of hydrogen-bond acceptors (Lipinski definition) is 5. The van der Waals surface area contributed by atoms with Crippen LogP contribution in [0.4, 0.5) is 11.4 Å². The lowest BCUT2D eigenvalue weighted by Gasteiger charge is -2.36. The van der Waals surface area contributed by atoms with E-state index in [1.807, 2.05) is 23.1 Å². The number of fused-ring (bicyclic) bond motifs is 2. The average molecular weight is 470 g/mol. The SMILES string of the molecule is Cc1cc2c(cc1S(=O)(=O)N1CCCC(C(=O)N3CCCc4ccccc43)C1)OCC(=O)N2. The summed E-state index contributed by atoms with van der Waals surface area (Å²) in [6.07, 6.45) is 3.15. The molecule has 2 aromatic carbocycles. The molecular weight excluding hydrogens is 442 g/mol. The van der Waals surface area contributed by atoms with Crippen molar-refractivity contribution < 1.29 is 22.7 Å². The van der Waals surface area contributed by atoms with Crippen molar-refractivity contribution >= 4 is 33.2 Å². The first-order valence-corrected chi connectivity index (χ1v) is 12.8. The van der Waals surface area contributed by atoms with E-state index in [2.05, 4.69) is 11.4 Å². The molecule has 1 atom stereocenters. The van der Waals surface area contributed by atoms with Crippen LogP contribution in [0.5, 0.6) is 5.75 Å². The molecule has 0 spiro atoms. The van der Waals surface area contributed by atoms with Crippen LogP contribution < -0.4 is 15.0 Å². The number of carbonyl (C=O) groups excluding carboxylic acids is 2. The molecule has 0 aromatic heterocycles. The predicted molar refractivity (Wildman–Crippen MR) is 124 cm³/mol. The number of nitrogens with one attached hydrogen (secondary N) is 1. The number of anilines is 2. The number of sulfonamides is 1. The summed E-state index contributed by atoms with van der Waals surface area (Å²) in [4.78, 5) is 27.0. The van der Waals surface area contributed by atoms with E-state index in [-0.39, 0.29) is 35.8 Å². The number of rotatable bonds is 3. The number of ether oxygens (including phenoxy) is 1. The lowest BCUT2D eigenvalue weighted by molar-refractivity contribution is -0.123. The van der Waals surface area contributed by atoms with Gasteiger partial charge in [-0.15, -0.1) is 0 Å². The van der Waals surface area contributed by atoms with Crippen LogP contribution >= 0.6 is 0 Å². The molecule has 1 N–H and O–H groups in total. The van der Waals surface area contributed by atoms with Crippen molar-refractivity contribution in [3.05, 3.63) is 47.5 Å². The summed E-state index contributed by atoms with van der Waals surface area (Å²) in [6, 6.07) is 11.0. The van der Waals surface area contributed by atoms with E-state index >= 15 is 0 Å². The Morgan fingerprint density at radius 2 is 1.97 bits per heavy atom. The van der Waals surface area contributed by atoms with Crippen molar-refractivity contribution in [3.8, 4) is 5.75 Å². The van der Waals surface area contributed by atoms with Gasteiger partial charge < -0.3 is 15.0 Å². The third-order valence-corrected chi connectivity index (χ3v) is 8.64. The number of carbonyl (C=O) groups is 2. The van der Waals surface area contributed by atoms with Crippen LogP contribution in [-0.2, 0) is 26.0 Å². The van der Waals surface area contributed by atoms with Gasteiger partial charge in [0.15, 0.2) is 6.61 Å². The minimum Gasteiger partial charge on any atom is -0.482 e. The normalized spacial score (nSPS) is 20.9. The van der Waals surface area contributed by atoms with Crippen molar-refractivity contribution in [2.75, 3.05) is 36.5 Å². The summed E-state index contributed by atoms with van der Waals surface area (Å²) in [6.45, 7) is 2.75. The maximum Gasteiger partial charge on any atom is 0.262 e. The van der Waals surface area contributed by atoms with Crippen LogP contribution in [-0.4, -0.2) is 50.8 Å². The average Bonchev–Trinajstić information content (AvgIpc) is 2.82. The highest BCUT2D eigenvalue weighted by Crippen LogP contribution is 2.36. The zero-order valence-corrected chi connectivity index (χ0v) is 19.4. The number of amides is 2. The number of piperidine rings is 1. The summed E-state index contributed by atoms with van der Waals surface area (Å²) < 4.78 is 34.0. The van der Waals surface area contributed by atoms with Crippen LogP contribution in [0.2, 0.25) is 0 Å². The fourth-order valence-electron chi connectivity index (χ4n) is 4.98. The molecule has 1 fully saturated rings. The molecule has 174 valence electrons. The lowest BCUT2D eigenvalue weighted by Crippen LogP contribution is -2.48. The van der Waals surface area contributed by atoms with Crippen molar-refractivity contribution in [2.24, 2.45) is 5.92 Å². The van der Waals surface area contributed by atoms with Crippen molar-refractivity contribution in [1.29, 1.82) is 0 Å². The third kappa shape index (κ3) is 4.00. The fourth-order valence-corrected chi connectivity index (χ4v) is 6.72. The minimum atomic E-state index is -3.83. The molecule has 0 aliphatic carbocycles. The summed E-state index contributed by atoms with van der Waals surface area (Å²) in [5.41, 5.74) is 3.10. The minimum absolute atomic E-state index is 0.00439. The van der Waals surface area contributed by atoms with Crippen molar-refractivity contribution in [1.82, 2.24) is 4.31 Å². The standard InChI is InChI=1S/C24H27N3O5S/c1-16-12-19-21(32-15-23(28)25-19)13-22(16)33(30,31)26-10-4-8-18(14-26)24(29)27-11-5-7-17-6-2-3-9-20(17)27/h2-3,6,9,12-13,18H,4-5,7-8,10-11,14-15H2,1H3,(H,25,28). The second kappa shape index (κ2) is 8.46. The number of para-hydroxylation sites is 1. The second-order valence-corrected chi connectivity index (χ2v) is 10.8. The van der Waals surface area contributed by atoms with E-state index in [0.29, 0.717) is 42.9 Å². The van der Waals surface area contributed by atoms with Gasteiger partial charge >= 0.3 is 0 Å². The Bertz CT molecular complexity index is 1230. The first-order valence-electron chi connectivity index (χ1n) is 11.3. The topological polar surface area (TPSA) is 96.0 Å². The fraction of sp³-hybridized carbons (Fsp3) is 0.417. The number of nitrogens with zero attached hydrogens (tertiary/aromatic N) is 2. The van der Waals surface area contributed by atoms with E-state index in [0.717, 1.165) is 24.1 Å². The maximum absolute atomic E-state index is 13.6. The molecule has 5 rings (SSSR count). The first-order chi connectivity index (χ1) is 15.8. The van der Waals surface area contributed by atoms with Gasteiger partial charge in [-0.2, -0.15) is 4.31 Å². The number of hydrogen-bond donors (Lipinski definition) is 1. The molecule has 1 unspecified atom stereocenters. The zero-order chi connectivity index (χ0) is 23.2.